The molecular formula is C30H28N4O. The summed E-state index contributed by atoms with van der Waals surface area (Å²) in [5.74, 6) is 6.79. The molecule has 0 bridgehead atoms. The summed E-state index contributed by atoms with van der Waals surface area (Å²) in [5.41, 5.74) is 7.44. The summed E-state index contributed by atoms with van der Waals surface area (Å²) in [6.07, 6.45) is 1.31. The number of fused-ring (bicyclic) bond motifs is 5. The zero-order chi connectivity index (χ0) is 24.4. The molecule has 1 aromatic heterocycles. The van der Waals surface area contributed by atoms with Gasteiger partial charge in [0.1, 0.15) is 5.69 Å². The van der Waals surface area contributed by atoms with E-state index in [2.05, 4.69) is 47.4 Å². The van der Waals surface area contributed by atoms with E-state index >= 15 is 0 Å². The summed E-state index contributed by atoms with van der Waals surface area (Å²) in [6, 6.07) is 24.0. The van der Waals surface area contributed by atoms with Crippen molar-refractivity contribution in [2.24, 2.45) is 0 Å². The van der Waals surface area contributed by atoms with Crippen LogP contribution >= 0.6 is 0 Å². The molecule has 1 heterocycles. The number of Topliss-reactive ketones (excluding diaryl/α,β-unsaturated/α-hetero) is 1. The smallest absolute Gasteiger partial charge is 0.162 e. The van der Waals surface area contributed by atoms with Gasteiger partial charge in [0.2, 0.25) is 0 Å². The lowest BCUT2D eigenvalue weighted by Gasteiger charge is -2.23. The first kappa shape index (κ1) is 22.8. The van der Waals surface area contributed by atoms with Gasteiger partial charge in [0.15, 0.2) is 5.78 Å². The molecule has 0 amide bonds. The number of carbonyl (C=O) groups excluding carboxylic acids is 1. The van der Waals surface area contributed by atoms with E-state index in [1.54, 1.807) is 0 Å². The highest BCUT2D eigenvalue weighted by molar-refractivity contribution is 5.96. The molecule has 0 saturated carbocycles. The van der Waals surface area contributed by atoms with Gasteiger partial charge in [-0.1, -0.05) is 77.7 Å². The molecule has 0 saturated heterocycles. The molecule has 1 aliphatic rings. The van der Waals surface area contributed by atoms with E-state index < -0.39 is 0 Å². The van der Waals surface area contributed by atoms with Gasteiger partial charge in [-0.3, -0.25) is 4.79 Å². The lowest BCUT2D eigenvalue weighted by atomic mass is 9.94. The summed E-state index contributed by atoms with van der Waals surface area (Å²) in [4.78, 5) is 12.7. The highest BCUT2D eigenvalue weighted by atomic mass is 16.1. The monoisotopic (exact) mass is 460 g/mol. The first-order chi connectivity index (χ1) is 16.9. The van der Waals surface area contributed by atoms with Crippen molar-refractivity contribution in [2.45, 2.75) is 38.8 Å². The second-order valence-electron chi connectivity index (χ2n) is 9.54. The van der Waals surface area contributed by atoms with E-state index in [1.807, 2.05) is 78.5 Å². The van der Waals surface area contributed by atoms with E-state index in [1.165, 1.54) is 0 Å². The SMILES string of the molecule is CNC(C)(C)CCC(=O)c1ccc(Cn2nnc3c2-c2ccccc2C#Cc2ccccc2-3)cc1. The normalized spacial score (nSPS) is 11.9. The van der Waals surface area contributed by atoms with Crippen molar-refractivity contribution < 1.29 is 4.79 Å². The maximum absolute atomic E-state index is 12.7. The van der Waals surface area contributed by atoms with Crippen LogP contribution in [0.5, 0.6) is 0 Å². The number of benzene rings is 3. The Morgan fingerprint density at radius 1 is 0.914 bits per heavy atom. The van der Waals surface area contributed by atoms with Gasteiger partial charge in [-0.25, -0.2) is 4.68 Å². The van der Waals surface area contributed by atoms with Crippen LogP contribution in [0.2, 0.25) is 0 Å². The van der Waals surface area contributed by atoms with Crippen LogP contribution in [0.15, 0.2) is 72.8 Å². The lowest BCUT2D eigenvalue weighted by molar-refractivity contribution is 0.0970. The van der Waals surface area contributed by atoms with Gasteiger partial charge < -0.3 is 5.32 Å². The fraction of sp³-hybridized carbons (Fsp3) is 0.233. The van der Waals surface area contributed by atoms with Gasteiger partial charge in [0.05, 0.1) is 12.2 Å². The quantitative estimate of drug-likeness (QED) is 0.263. The zero-order valence-corrected chi connectivity index (χ0v) is 20.3. The van der Waals surface area contributed by atoms with Crippen molar-refractivity contribution in [3.05, 3.63) is 95.1 Å². The second kappa shape index (κ2) is 9.32. The summed E-state index contributed by atoms with van der Waals surface area (Å²) in [5, 5.41) is 12.4. The highest BCUT2D eigenvalue weighted by Gasteiger charge is 2.22. The van der Waals surface area contributed by atoms with Crippen LogP contribution in [-0.2, 0) is 6.54 Å². The Labute approximate surface area is 206 Å². The van der Waals surface area contributed by atoms with Crippen LogP contribution in [0.3, 0.4) is 0 Å². The van der Waals surface area contributed by atoms with Crippen LogP contribution in [0.4, 0.5) is 0 Å². The summed E-state index contributed by atoms with van der Waals surface area (Å²) >= 11 is 0. The first-order valence-corrected chi connectivity index (χ1v) is 11.9. The minimum atomic E-state index is -0.0569. The largest absolute Gasteiger partial charge is 0.315 e. The van der Waals surface area contributed by atoms with Gasteiger partial charge in [-0.05, 0) is 45.0 Å². The Hall–Kier alpha value is -4.01. The number of ketones is 1. The van der Waals surface area contributed by atoms with E-state index in [-0.39, 0.29) is 11.3 Å². The number of nitrogens with one attached hydrogen (secondary N) is 1. The number of rotatable bonds is 7. The minimum absolute atomic E-state index is 0.0569. The van der Waals surface area contributed by atoms with E-state index in [4.69, 9.17) is 0 Å². The molecule has 0 fully saturated rings. The second-order valence-corrected chi connectivity index (χ2v) is 9.54. The predicted molar refractivity (Wildman–Crippen MR) is 139 cm³/mol. The zero-order valence-electron chi connectivity index (χ0n) is 20.3. The molecule has 35 heavy (non-hydrogen) atoms. The Morgan fingerprint density at radius 3 is 2.23 bits per heavy atom. The Balaban J connectivity index is 1.45. The number of aromatic nitrogens is 3. The maximum atomic E-state index is 12.7. The maximum Gasteiger partial charge on any atom is 0.162 e. The van der Waals surface area contributed by atoms with E-state index in [0.717, 1.165) is 51.2 Å². The Kier molecular flexibility index (Phi) is 6.07. The lowest BCUT2D eigenvalue weighted by Crippen LogP contribution is -2.36. The highest BCUT2D eigenvalue weighted by Crippen LogP contribution is 2.35. The van der Waals surface area contributed by atoms with Crippen LogP contribution in [-0.4, -0.2) is 33.4 Å². The average Bonchev–Trinajstić information content (AvgIpc) is 3.28. The summed E-state index contributed by atoms with van der Waals surface area (Å²) < 4.78 is 1.93. The molecule has 0 unspecified atom stereocenters. The topological polar surface area (TPSA) is 59.8 Å². The number of nitrogens with zero attached hydrogens (tertiary/aromatic N) is 3. The predicted octanol–water partition coefficient (Wildman–Crippen LogP) is 5.33. The molecule has 1 aliphatic carbocycles. The molecule has 5 rings (SSSR count). The van der Waals surface area contributed by atoms with Crippen molar-refractivity contribution in [3.8, 4) is 34.4 Å². The van der Waals surface area contributed by atoms with E-state index in [9.17, 15) is 4.79 Å². The van der Waals surface area contributed by atoms with Gasteiger partial charge in [-0.2, -0.15) is 0 Å². The van der Waals surface area contributed by atoms with Gasteiger partial charge in [0.25, 0.3) is 0 Å². The van der Waals surface area contributed by atoms with Crippen molar-refractivity contribution >= 4 is 5.78 Å². The van der Waals surface area contributed by atoms with Crippen molar-refractivity contribution in [2.75, 3.05) is 7.05 Å². The van der Waals surface area contributed by atoms with Crippen LogP contribution in [0.1, 0.15) is 53.7 Å². The van der Waals surface area contributed by atoms with Crippen molar-refractivity contribution in [1.82, 2.24) is 20.3 Å². The van der Waals surface area contributed by atoms with Gasteiger partial charge in [-0.15, -0.1) is 5.10 Å². The minimum Gasteiger partial charge on any atom is -0.315 e. The molecule has 0 spiro atoms. The fourth-order valence-electron chi connectivity index (χ4n) is 4.27. The number of hydrogen-bond donors (Lipinski definition) is 1. The van der Waals surface area contributed by atoms with Gasteiger partial charge in [0, 0.05) is 39.8 Å². The molecule has 3 aromatic carbocycles. The molecule has 0 radical (unpaired) electrons. The van der Waals surface area contributed by atoms with Crippen LogP contribution < -0.4 is 5.32 Å². The molecule has 174 valence electrons. The molecule has 5 heteroatoms. The molecule has 4 aromatic rings. The molecule has 5 nitrogen and oxygen atoms in total. The third kappa shape index (κ3) is 4.66. The average molecular weight is 461 g/mol. The van der Waals surface area contributed by atoms with E-state index in [0.29, 0.717) is 13.0 Å². The van der Waals surface area contributed by atoms with Crippen molar-refractivity contribution in [1.29, 1.82) is 0 Å². The molecular weight excluding hydrogens is 432 g/mol. The molecule has 0 aliphatic heterocycles. The Bertz CT molecular complexity index is 1450. The summed E-state index contributed by atoms with van der Waals surface area (Å²) in [6.45, 7) is 4.76. The van der Waals surface area contributed by atoms with Crippen LogP contribution in [0, 0.1) is 11.8 Å². The third-order valence-corrected chi connectivity index (χ3v) is 6.69. The standard InChI is InChI=1S/C30H28N4O/c1-30(2,31-3)19-18-27(35)24-14-12-21(13-15-24)20-34-29-26-11-7-5-9-23(26)17-16-22-8-4-6-10-25(22)28(29)32-33-34/h4-15,31H,18-20H2,1-3H3. The third-order valence-electron chi connectivity index (χ3n) is 6.69. The van der Waals surface area contributed by atoms with Crippen molar-refractivity contribution in [3.63, 3.8) is 0 Å². The number of carbonyl (C=O) groups is 1. The van der Waals surface area contributed by atoms with Gasteiger partial charge >= 0.3 is 0 Å². The molecule has 0 atom stereocenters. The first-order valence-electron chi connectivity index (χ1n) is 11.9. The Morgan fingerprint density at radius 2 is 1.54 bits per heavy atom. The number of hydrogen-bond acceptors (Lipinski definition) is 4. The fourth-order valence-corrected chi connectivity index (χ4v) is 4.27. The summed E-state index contributed by atoms with van der Waals surface area (Å²) in [7, 11) is 1.93. The van der Waals surface area contributed by atoms with Crippen LogP contribution in [0.25, 0.3) is 22.5 Å². The molecule has 1 N–H and O–H groups in total.